The molecule has 1 saturated heterocycles. The fourth-order valence-electron chi connectivity index (χ4n) is 2.82. The largest absolute Gasteiger partial charge is 0.455 e. The molecule has 10 heteroatoms. The Bertz CT molecular complexity index is 707. The first-order valence-corrected chi connectivity index (χ1v) is 9.43. The van der Waals surface area contributed by atoms with Gasteiger partial charge in [0.05, 0.1) is 16.5 Å². The number of nitrogens with one attached hydrogen (secondary N) is 1. The zero-order chi connectivity index (χ0) is 20.9. The molecule has 0 bridgehead atoms. The van der Waals surface area contributed by atoms with Crippen molar-refractivity contribution in [2.24, 2.45) is 5.92 Å². The van der Waals surface area contributed by atoms with Crippen LogP contribution in [0.5, 0.6) is 0 Å². The molecule has 2 rings (SSSR count). The van der Waals surface area contributed by atoms with Crippen LogP contribution in [-0.2, 0) is 20.5 Å². The van der Waals surface area contributed by atoms with Crippen molar-refractivity contribution in [1.29, 1.82) is 0 Å². The summed E-state index contributed by atoms with van der Waals surface area (Å²) < 4.78 is 43.2. The molecule has 156 valence electrons. The molecule has 1 fully saturated rings. The number of hydrogen-bond acceptors (Lipinski definition) is 5. The third kappa shape index (κ3) is 5.98. The van der Waals surface area contributed by atoms with Crippen molar-refractivity contribution in [1.82, 2.24) is 10.3 Å². The molecule has 0 aliphatic carbocycles. The van der Waals surface area contributed by atoms with Crippen molar-refractivity contribution in [2.75, 3.05) is 24.6 Å². The number of ether oxygens (including phenoxy) is 1. The molecule has 0 spiro atoms. The Balaban J connectivity index is 1.85. The number of anilines is 1. The SMILES string of the molecule is CC[C@@H](C)NC(=O)COC(=O)C1CCN(c2ncc(C(F)(F)F)cc2Cl)CC1. The smallest absolute Gasteiger partial charge is 0.417 e. The Morgan fingerprint density at radius 2 is 2.04 bits per heavy atom. The van der Waals surface area contributed by atoms with E-state index in [1.807, 2.05) is 13.8 Å². The van der Waals surface area contributed by atoms with E-state index in [1.54, 1.807) is 4.90 Å². The first kappa shape index (κ1) is 22.3. The summed E-state index contributed by atoms with van der Waals surface area (Å²) in [6, 6.07) is 0.857. The van der Waals surface area contributed by atoms with Gasteiger partial charge in [0.2, 0.25) is 0 Å². The molecule has 0 aromatic carbocycles. The van der Waals surface area contributed by atoms with Gasteiger partial charge in [-0.2, -0.15) is 13.2 Å². The molecule has 28 heavy (non-hydrogen) atoms. The molecular formula is C18H23ClF3N3O3. The maximum Gasteiger partial charge on any atom is 0.417 e. The molecule has 0 saturated carbocycles. The van der Waals surface area contributed by atoms with Gasteiger partial charge >= 0.3 is 12.1 Å². The van der Waals surface area contributed by atoms with E-state index in [4.69, 9.17) is 16.3 Å². The van der Waals surface area contributed by atoms with Crippen LogP contribution in [0.15, 0.2) is 12.3 Å². The van der Waals surface area contributed by atoms with Gasteiger partial charge in [-0.25, -0.2) is 4.98 Å². The quantitative estimate of drug-likeness (QED) is 0.712. The van der Waals surface area contributed by atoms with E-state index >= 15 is 0 Å². The highest BCUT2D eigenvalue weighted by atomic mass is 35.5. The predicted molar refractivity (Wildman–Crippen MR) is 98.0 cm³/mol. The minimum atomic E-state index is -4.51. The molecule has 1 aliphatic heterocycles. The van der Waals surface area contributed by atoms with Crippen molar-refractivity contribution in [3.8, 4) is 0 Å². The maximum absolute atomic E-state index is 12.7. The van der Waals surface area contributed by atoms with Crippen LogP contribution in [-0.4, -0.2) is 42.6 Å². The first-order chi connectivity index (χ1) is 13.1. The van der Waals surface area contributed by atoms with E-state index in [1.165, 1.54) is 0 Å². The van der Waals surface area contributed by atoms with Crippen LogP contribution < -0.4 is 10.2 Å². The average Bonchev–Trinajstić information content (AvgIpc) is 2.65. The predicted octanol–water partition coefficient (Wildman–Crippen LogP) is 3.43. The molecule has 6 nitrogen and oxygen atoms in total. The summed E-state index contributed by atoms with van der Waals surface area (Å²) in [4.78, 5) is 29.4. The molecule has 2 heterocycles. The number of aromatic nitrogens is 1. The van der Waals surface area contributed by atoms with E-state index in [9.17, 15) is 22.8 Å². The van der Waals surface area contributed by atoms with E-state index in [-0.39, 0.29) is 35.3 Å². The van der Waals surface area contributed by atoms with Crippen molar-refractivity contribution in [3.63, 3.8) is 0 Å². The number of alkyl halides is 3. The molecular weight excluding hydrogens is 399 g/mol. The minimum Gasteiger partial charge on any atom is -0.455 e. The van der Waals surface area contributed by atoms with Gasteiger partial charge in [0.1, 0.15) is 5.82 Å². The number of carbonyl (C=O) groups is 2. The Hall–Kier alpha value is -2.03. The lowest BCUT2D eigenvalue weighted by Gasteiger charge is -2.32. The summed E-state index contributed by atoms with van der Waals surface area (Å²) >= 11 is 5.97. The van der Waals surface area contributed by atoms with Crippen LogP contribution in [0.2, 0.25) is 5.02 Å². The Labute approximate surface area is 166 Å². The second-order valence-corrected chi connectivity index (χ2v) is 7.18. The molecule has 1 N–H and O–H groups in total. The van der Waals surface area contributed by atoms with Crippen LogP contribution in [0.25, 0.3) is 0 Å². The van der Waals surface area contributed by atoms with Crippen LogP contribution in [0.1, 0.15) is 38.7 Å². The molecule has 1 aromatic rings. The number of hydrogen-bond donors (Lipinski definition) is 1. The van der Waals surface area contributed by atoms with Gasteiger partial charge in [-0.1, -0.05) is 18.5 Å². The van der Waals surface area contributed by atoms with Crippen LogP contribution >= 0.6 is 11.6 Å². The van der Waals surface area contributed by atoms with Crippen molar-refractivity contribution in [2.45, 2.75) is 45.3 Å². The van der Waals surface area contributed by atoms with Gasteiger partial charge in [-0.05, 0) is 32.3 Å². The zero-order valence-corrected chi connectivity index (χ0v) is 16.4. The van der Waals surface area contributed by atoms with Crippen molar-refractivity contribution < 1.29 is 27.5 Å². The van der Waals surface area contributed by atoms with Crippen LogP contribution in [0, 0.1) is 5.92 Å². The van der Waals surface area contributed by atoms with Crippen molar-refractivity contribution in [3.05, 3.63) is 22.8 Å². The van der Waals surface area contributed by atoms with Crippen molar-refractivity contribution >= 4 is 29.3 Å². The number of amides is 1. The summed E-state index contributed by atoms with van der Waals surface area (Å²) in [6.45, 7) is 4.27. The second-order valence-electron chi connectivity index (χ2n) is 6.77. The monoisotopic (exact) mass is 421 g/mol. The van der Waals surface area contributed by atoms with E-state index in [0.717, 1.165) is 18.7 Å². The standard InChI is InChI=1S/C18H23ClF3N3O3/c1-3-11(2)24-15(26)10-28-17(27)12-4-6-25(7-5-12)16-14(19)8-13(9-23-16)18(20,21)22/h8-9,11-12H,3-7,10H2,1-2H3,(H,24,26)/t11-/m1/s1. The number of nitrogens with zero attached hydrogens (tertiary/aromatic N) is 2. The van der Waals surface area contributed by atoms with Gasteiger partial charge in [0, 0.05) is 25.3 Å². The molecule has 1 aromatic heterocycles. The van der Waals surface area contributed by atoms with Gasteiger partial charge in [-0.15, -0.1) is 0 Å². The number of esters is 1. The van der Waals surface area contributed by atoms with Gasteiger partial charge in [-0.3, -0.25) is 9.59 Å². The highest BCUT2D eigenvalue weighted by Gasteiger charge is 2.33. The third-order valence-electron chi connectivity index (χ3n) is 4.64. The highest BCUT2D eigenvalue weighted by Crippen LogP contribution is 2.34. The highest BCUT2D eigenvalue weighted by molar-refractivity contribution is 6.33. The summed E-state index contributed by atoms with van der Waals surface area (Å²) in [6.07, 6.45) is -2.11. The Morgan fingerprint density at radius 3 is 2.57 bits per heavy atom. The second kappa shape index (κ2) is 9.45. The molecule has 1 amide bonds. The van der Waals surface area contributed by atoms with Gasteiger partial charge in [0.25, 0.3) is 5.91 Å². The number of piperidine rings is 1. The average molecular weight is 422 g/mol. The summed E-state index contributed by atoms with van der Waals surface area (Å²) in [5.74, 6) is -0.915. The summed E-state index contributed by atoms with van der Waals surface area (Å²) in [5.41, 5.74) is -0.907. The van der Waals surface area contributed by atoms with E-state index in [2.05, 4.69) is 10.3 Å². The lowest BCUT2D eigenvalue weighted by molar-refractivity contribution is -0.153. The maximum atomic E-state index is 12.7. The zero-order valence-electron chi connectivity index (χ0n) is 15.7. The Morgan fingerprint density at radius 1 is 1.39 bits per heavy atom. The lowest BCUT2D eigenvalue weighted by atomic mass is 9.97. The minimum absolute atomic E-state index is 0.00965. The topological polar surface area (TPSA) is 71.5 Å². The van der Waals surface area contributed by atoms with E-state index < -0.39 is 17.7 Å². The normalized spacial score (nSPS) is 16.6. The molecule has 1 atom stereocenters. The van der Waals surface area contributed by atoms with Crippen LogP contribution in [0.4, 0.5) is 19.0 Å². The molecule has 0 radical (unpaired) electrons. The first-order valence-electron chi connectivity index (χ1n) is 9.05. The molecule has 0 unspecified atom stereocenters. The fourth-order valence-corrected chi connectivity index (χ4v) is 3.10. The number of halogens is 4. The van der Waals surface area contributed by atoms with Gasteiger partial charge in [0.15, 0.2) is 6.61 Å². The molecule has 1 aliphatic rings. The number of pyridine rings is 1. The van der Waals surface area contributed by atoms with E-state index in [0.29, 0.717) is 25.9 Å². The Kier molecular flexibility index (Phi) is 7.51. The summed E-state index contributed by atoms with van der Waals surface area (Å²) in [5, 5.41) is 2.62. The van der Waals surface area contributed by atoms with Gasteiger partial charge < -0.3 is 15.0 Å². The summed E-state index contributed by atoms with van der Waals surface area (Å²) in [7, 11) is 0. The van der Waals surface area contributed by atoms with Crippen LogP contribution in [0.3, 0.4) is 0 Å². The third-order valence-corrected chi connectivity index (χ3v) is 4.92. The lowest BCUT2D eigenvalue weighted by Crippen LogP contribution is -2.39. The fraction of sp³-hybridized carbons (Fsp3) is 0.611. The number of rotatable bonds is 6. The number of carbonyl (C=O) groups excluding carboxylic acids is 2.